The number of ether oxygens (including phenoxy) is 1. The van der Waals surface area contributed by atoms with E-state index in [0.717, 1.165) is 68.7 Å². The van der Waals surface area contributed by atoms with E-state index < -0.39 is 17.8 Å². The number of methoxy groups -OCH3 is 1. The molecular weight excluding hydrogens is 483 g/mol. The van der Waals surface area contributed by atoms with Gasteiger partial charge in [-0.15, -0.1) is 0 Å². The minimum absolute atomic E-state index is 0.0304. The molecule has 0 radical (unpaired) electrons. The molecule has 208 valence electrons. The van der Waals surface area contributed by atoms with E-state index in [4.69, 9.17) is 9.72 Å². The summed E-state index contributed by atoms with van der Waals surface area (Å²) in [7, 11) is 3.52. The highest BCUT2D eigenvalue weighted by Gasteiger charge is 2.37. The number of benzene rings is 1. The monoisotopic (exact) mass is 526 g/mol. The molecule has 0 amide bonds. The van der Waals surface area contributed by atoms with Crippen molar-refractivity contribution in [2.75, 3.05) is 45.7 Å². The second kappa shape index (κ2) is 12.9. The van der Waals surface area contributed by atoms with E-state index in [1.165, 1.54) is 25.2 Å². The Bertz CT molecular complexity index is 1110. The second-order valence-electron chi connectivity index (χ2n) is 11.1. The number of carboxylic acid groups (broad SMARTS) is 1. The van der Waals surface area contributed by atoms with Crippen molar-refractivity contribution < 1.29 is 19.0 Å². The predicted molar refractivity (Wildman–Crippen MR) is 149 cm³/mol. The van der Waals surface area contributed by atoms with Gasteiger partial charge in [0.15, 0.2) is 11.6 Å². The zero-order chi connectivity index (χ0) is 27.2. The molecule has 0 spiro atoms. The molecule has 2 aliphatic heterocycles. The van der Waals surface area contributed by atoms with Crippen LogP contribution in [-0.2, 0) is 17.6 Å². The summed E-state index contributed by atoms with van der Waals surface area (Å²) in [5.41, 5.74) is 3.66. The maximum absolute atomic E-state index is 14.8. The van der Waals surface area contributed by atoms with Crippen molar-refractivity contribution in [3.63, 3.8) is 0 Å². The number of pyridine rings is 1. The highest BCUT2D eigenvalue weighted by atomic mass is 19.1. The van der Waals surface area contributed by atoms with Gasteiger partial charge in [0, 0.05) is 36.9 Å². The number of likely N-dealkylation sites (N-methyl/N-ethyl adjacent to an activating group) is 1. The number of hydrogen-bond acceptors (Lipinski definition) is 6. The van der Waals surface area contributed by atoms with Gasteiger partial charge in [0.2, 0.25) is 0 Å². The molecule has 7 nitrogen and oxygen atoms in total. The van der Waals surface area contributed by atoms with Crippen LogP contribution in [0.2, 0.25) is 0 Å². The first-order valence-electron chi connectivity index (χ1n) is 14.1. The third-order valence-corrected chi connectivity index (χ3v) is 8.07. The Balaban J connectivity index is 1.29. The van der Waals surface area contributed by atoms with Crippen LogP contribution in [0.5, 0.6) is 5.75 Å². The van der Waals surface area contributed by atoms with Crippen LogP contribution >= 0.6 is 0 Å². The van der Waals surface area contributed by atoms with Crippen molar-refractivity contribution in [1.29, 1.82) is 0 Å². The number of hydrogen-bond donors (Lipinski definition) is 2. The molecule has 2 atom stereocenters. The summed E-state index contributed by atoms with van der Waals surface area (Å²) >= 11 is 0. The normalized spacial score (nSPS) is 18.4. The zero-order valence-electron chi connectivity index (χ0n) is 23.3. The number of aliphatic carboxylic acids is 1. The number of rotatable bonds is 12. The number of unbranched alkanes of at least 4 members (excludes halogenated alkanes) is 2. The molecule has 0 bridgehead atoms. The standard InChI is InChI=1S/C30H43FN4O3/c1-20(2)22-17-25(28(38-4)26(31)18-22)27(30(36)37)35-16-13-24(19-35)34(3)15-7-5-6-10-23-12-11-21-9-8-14-32-29(21)33-23/h11-12,17-18,20,24,27H,5-10,13-16,19H2,1-4H3,(H,32,33)(H,36,37)/t24-,27+/m1/s1. The molecule has 0 saturated carbocycles. The van der Waals surface area contributed by atoms with Gasteiger partial charge in [-0.1, -0.05) is 26.3 Å². The average Bonchev–Trinajstić information content (AvgIpc) is 3.37. The van der Waals surface area contributed by atoms with Crippen LogP contribution in [0, 0.1) is 5.82 Å². The highest BCUT2D eigenvalue weighted by molar-refractivity contribution is 5.77. The van der Waals surface area contributed by atoms with Crippen LogP contribution in [0.3, 0.4) is 0 Å². The van der Waals surface area contributed by atoms with Crippen LogP contribution in [0.25, 0.3) is 0 Å². The number of carbonyl (C=O) groups is 1. The first-order valence-corrected chi connectivity index (χ1v) is 14.1. The van der Waals surface area contributed by atoms with Crippen molar-refractivity contribution in [2.24, 2.45) is 0 Å². The van der Waals surface area contributed by atoms with Gasteiger partial charge in [-0.3, -0.25) is 9.69 Å². The summed E-state index contributed by atoms with van der Waals surface area (Å²) in [5.74, 6) is -0.300. The number of halogens is 1. The summed E-state index contributed by atoms with van der Waals surface area (Å²) in [6, 6.07) is 6.98. The third-order valence-electron chi connectivity index (χ3n) is 8.07. The van der Waals surface area contributed by atoms with Crippen molar-refractivity contribution >= 4 is 11.8 Å². The van der Waals surface area contributed by atoms with E-state index in [1.807, 2.05) is 18.7 Å². The summed E-state index contributed by atoms with van der Waals surface area (Å²) in [5, 5.41) is 13.6. The lowest BCUT2D eigenvalue weighted by atomic mass is 9.95. The van der Waals surface area contributed by atoms with E-state index in [0.29, 0.717) is 18.7 Å². The van der Waals surface area contributed by atoms with Gasteiger partial charge in [0.1, 0.15) is 11.9 Å². The number of aromatic nitrogens is 1. The Morgan fingerprint density at radius 3 is 2.84 bits per heavy atom. The van der Waals surface area contributed by atoms with Gasteiger partial charge in [0.05, 0.1) is 7.11 Å². The number of aryl methyl sites for hydroxylation is 2. The van der Waals surface area contributed by atoms with Crippen LogP contribution in [0.15, 0.2) is 24.3 Å². The van der Waals surface area contributed by atoms with Gasteiger partial charge < -0.3 is 20.1 Å². The molecule has 1 saturated heterocycles. The highest BCUT2D eigenvalue weighted by Crippen LogP contribution is 2.37. The molecule has 1 aromatic heterocycles. The molecule has 8 heteroatoms. The molecule has 3 heterocycles. The third kappa shape index (κ3) is 6.64. The van der Waals surface area contributed by atoms with Crippen molar-refractivity contribution in [3.05, 3.63) is 52.5 Å². The SMILES string of the molecule is COc1c(F)cc(C(C)C)cc1[C@@H](C(=O)O)N1CC[C@@H](N(C)CCCCCc2ccc3c(n2)NCCC3)C1. The molecule has 0 unspecified atom stereocenters. The molecule has 1 aromatic carbocycles. The minimum Gasteiger partial charge on any atom is -0.493 e. The predicted octanol–water partition coefficient (Wildman–Crippen LogP) is 5.26. The molecule has 1 fully saturated rings. The molecular formula is C30H43FN4O3. The topological polar surface area (TPSA) is 77.9 Å². The molecule has 4 rings (SSSR count). The second-order valence-corrected chi connectivity index (χ2v) is 11.1. The van der Waals surface area contributed by atoms with Crippen LogP contribution < -0.4 is 10.1 Å². The van der Waals surface area contributed by atoms with Crippen LogP contribution in [0.4, 0.5) is 10.2 Å². The lowest BCUT2D eigenvalue weighted by molar-refractivity contribution is -0.143. The van der Waals surface area contributed by atoms with E-state index in [2.05, 4.69) is 29.4 Å². The number of fused-ring (bicyclic) bond motifs is 1. The Labute approximate surface area is 226 Å². The van der Waals surface area contributed by atoms with Crippen molar-refractivity contribution in [3.8, 4) is 5.75 Å². The smallest absolute Gasteiger partial charge is 0.325 e. The van der Waals surface area contributed by atoms with Gasteiger partial charge in [-0.05, 0) is 87.4 Å². The first kappa shape index (κ1) is 28.3. The van der Waals surface area contributed by atoms with E-state index in [9.17, 15) is 14.3 Å². The largest absolute Gasteiger partial charge is 0.493 e. The first-order chi connectivity index (χ1) is 18.3. The molecule has 2 N–H and O–H groups in total. The van der Waals surface area contributed by atoms with E-state index in [-0.39, 0.29) is 17.7 Å². The van der Waals surface area contributed by atoms with Crippen LogP contribution in [-0.4, -0.2) is 72.2 Å². The molecule has 38 heavy (non-hydrogen) atoms. The average molecular weight is 527 g/mol. The number of likely N-dealkylation sites (tertiary alicyclic amines) is 1. The lowest BCUT2D eigenvalue weighted by Crippen LogP contribution is -2.38. The quantitative estimate of drug-likeness (QED) is 0.366. The molecule has 2 aromatic rings. The lowest BCUT2D eigenvalue weighted by Gasteiger charge is -2.29. The number of nitrogens with zero attached hydrogens (tertiary/aromatic N) is 3. The fraction of sp³-hybridized carbons (Fsp3) is 0.600. The van der Waals surface area contributed by atoms with Gasteiger partial charge in [-0.25, -0.2) is 9.37 Å². The molecule has 2 aliphatic rings. The Morgan fingerprint density at radius 2 is 2.11 bits per heavy atom. The van der Waals surface area contributed by atoms with Crippen LogP contribution in [0.1, 0.15) is 80.3 Å². The Kier molecular flexibility index (Phi) is 9.60. The Hall–Kier alpha value is -2.71. The molecule has 0 aliphatic carbocycles. The van der Waals surface area contributed by atoms with Gasteiger partial charge in [0.25, 0.3) is 0 Å². The van der Waals surface area contributed by atoms with Crippen molar-refractivity contribution in [1.82, 2.24) is 14.8 Å². The zero-order valence-corrected chi connectivity index (χ0v) is 23.3. The van der Waals surface area contributed by atoms with E-state index in [1.54, 1.807) is 6.07 Å². The number of anilines is 1. The summed E-state index contributed by atoms with van der Waals surface area (Å²) < 4.78 is 20.1. The van der Waals surface area contributed by atoms with Gasteiger partial charge in [-0.2, -0.15) is 0 Å². The fourth-order valence-electron chi connectivity index (χ4n) is 5.77. The fourth-order valence-corrected chi connectivity index (χ4v) is 5.77. The summed E-state index contributed by atoms with van der Waals surface area (Å²) in [6.45, 7) is 7.22. The van der Waals surface area contributed by atoms with Crippen molar-refractivity contribution in [2.45, 2.75) is 76.8 Å². The van der Waals surface area contributed by atoms with E-state index >= 15 is 0 Å². The Morgan fingerprint density at radius 1 is 1.29 bits per heavy atom. The van der Waals surface area contributed by atoms with Gasteiger partial charge >= 0.3 is 5.97 Å². The minimum atomic E-state index is -0.974. The maximum atomic E-state index is 14.8. The number of carboxylic acids is 1. The summed E-state index contributed by atoms with van der Waals surface area (Å²) in [6.07, 6.45) is 7.50. The maximum Gasteiger partial charge on any atom is 0.325 e. The number of nitrogens with one attached hydrogen (secondary N) is 1. The summed E-state index contributed by atoms with van der Waals surface area (Å²) in [4.78, 5) is 21.5.